The second kappa shape index (κ2) is 7.89. The Balaban J connectivity index is 1.62. The summed E-state index contributed by atoms with van der Waals surface area (Å²) in [6.07, 6.45) is 1.55. The third kappa shape index (κ3) is 3.64. The number of amides is 1. The molecule has 4 aromatic rings. The molecular formula is C22H19N3O3S. The number of thiazole rings is 1. The first kappa shape index (κ1) is 18.9. The van der Waals surface area contributed by atoms with Crippen LogP contribution >= 0.6 is 11.3 Å². The predicted molar refractivity (Wildman–Crippen MR) is 112 cm³/mol. The molecule has 0 spiro atoms. The number of nitrogens with zero attached hydrogens (tertiary/aromatic N) is 2. The van der Waals surface area contributed by atoms with E-state index in [9.17, 15) is 9.59 Å². The Morgan fingerprint density at radius 3 is 2.69 bits per heavy atom. The quantitative estimate of drug-likeness (QED) is 0.494. The molecule has 6 nitrogen and oxygen atoms in total. The first-order valence-electron chi connectivity index (χ1n) is 9.06. The summed E-state index contributed by atoms with van der Waals surface area (Å²) in [4.78, 5) is 31.2. The van der Waals surface area contributed by atoms with Crippen molar-refractivity contribution in [1.29, 1.82) is 0 Å². The number of carbonyl (C=O) groups is 2. The lowest BCUT2D eigenvalue weighted by Crippen LogP contribution is -2.22. The minimum absolute atomic E-state index is 0.173. The average Bonchev–Trinajstić information content (AvgIpc) is 3.32. The molecule has 2 aromatic heterocycles. The van der Waals surface area contributed by atoms with Crippen LogP contribution in [-0.2, 0) is 6.54 Å². The van der Waals surface area contributed by atoms with Crippen molar-refractivity contribution in [3.63, 3.8) is 0 Å². The van der Waals surface area contributed by atoms with Gasteiger partial charge in [-0.2, -0.15) is 0 Å². The van der Waals surface area contributed by atoms with E-state index in [1.807, 2.05) is 37.3 Å². The third-order valence-electron chi connectivity index (χ3n) is 4.65. The Bertz CT molecular complexity index is 1190. The van der Waals surface area contributed by atoms with Crippen molar-refractivity contribution < 1.29 is 14.3 Å². The number of ether oxygens (including phenoxy) is 1. The van der Waals surface area contributed by atoms with Crippen molar-refractivity contribution in [2.24, 2.45) is 0 Å². The van der Waals surface area contributed by atoms with Gasteiger partial charge >= 0.3 is 0 Å². The molecule has 1 amide bonds. The van der Waals surface area contributed by atoms with Crippen LogP contribution in [0.5, 0.6) is 5.75 Å². The summed E-state index contributed by atoms with van der Waals surface area (Å²) in [7, 11) is 1.56. The van der Waals surface area contributed by atoms with Gasteiger partial charge in [0.2, 0.25) is 5.78 Å². The molecule has 0 atom stereocenters. The normalized spacial score (nSPS) is 10.8. The fraction of sp³-hybridized carbons (Fsp3) is 0.136. The summed E-state index contributed by atoms with van der Waals surface area (Å²) in [5, 5.41) is 2.93. The molecule has 2 heterocycles. The van der Waals surface area contributed by atoms with Gasteiger partial charge in [0.15, 0.2) is 4.96 Å². The number of benzene rings is 2. The van der Waals surface area contributed by atoms with Gasteiger partial charge in [-0.15, -0.1) is 0 Å². The third-order valence-corrected chi connectivity index (χ3v) is 5.81. The van der Waals surface area contributed by atoms with E-state index in [0.29, 0.717) is 39.1 Å². The molecule has 0 aliphatic heterocycles. The number of aryl methyl sites for hydroxylation is 1. The van der Waals surface area contributed by atoms with Crippen molar-refractivity contribution >= 4 is 28.0 Å². The number of aromatic nitrogens is 2. The van der Waals surface area contributed by atoms with Crippen molar-refractivity contribution in [2.45, 2.75) is 13.5 Å². The molecule has 0 aliphatic carbocycles. The van der Waals surface area contributed by atoms with Crippen LogP contribution in [-0.4, -0.2) is 28.2 Å². The second-order valence-corrected chi connectivity index (χ2v) is 7.48. The number of fused-ring (bicyclic) bond motifs is 1. The van der Waals surface area contributed by atoms with Gasteiger partial charge in [-0.25, -0.2) is 4.98 Å². The number of ketones is 1. The number of hydrogen-bond donors (Lipinski definition) is 1. The fourth-order valence-electron chi connectivity index (χ4n) is 3.14. The lowest BCUT2D eigenvalue weighted by atomic mass is 10.1. The first-order chi connectivity index (χ1) is 14.1. The van der Waals surface area contributed by atoms with Gasteiger partial charge in [-0.1, -0.05) is 53.8 Å². The minimum Gasteiger partial charge on any atom is -0.497 e. The molecule has 7 heteroatoms. The highest BCUT2D eigenvalue weighted by molar-refractivity contribution is 7.19. The van der Waals surface area contributed by atoms with Gasteiger partial charge in [0.05, 0.1) is 13.3 Å². The first-order valence-corrected chi connectivity index (χ1v) is 9.88. The number of rotatable bonds is 6. The Labute approximate surface area is 171 Å². The van der Waals surface area contributed by atoms with Crippen molar-refractivity contribution in [1.82, 2.24) is 14.7 Å². The molecule has 4 rings (SSSR count). The Kier molecular flexibility index (Phi) is 5.14. The smallest absolute Gasteiger partial charge is 0.263 e. The summed E-state index contributed by atoms with van der Waals surface area (Å²) in [5.74, 6) is 0.259. The van der Waals surface area contributed by atoms with E-state index >= 15 is 0 Å². The largest absolute Gasteiger partial charge is 0.497 e. The maximum absolute atomic E-state index is 13.0. The van der Waals surface area contributed by atoms with Crippen molar-refractivity contribution in [3.05, 3.63) is 88.2 Å². The van der Waals surface area contributed by atoms with E-state index in [1.54, 1.807) is 42.0 Å². The monoisotopic (exact) mass is 405 g/mol. The van der Waals surface area contributed by atoms with Crippen LogP contribution in [0.25, 0.3) is 4.96 Å². The SMILES string of the molecule is COc1cccc(C(=O)c2cnc3sc(C(=O)NCc4ccccc4)c(C)n23)c1. The van der Waals surface area contributed by atoms with Crippen molar-refractivity contribution in [2.75, 3.05) is 7.11 Å². The highest BCUT2D eigenvalue weighted by Gasteiger charge is 2.22. The molecule has 0 saturated carbocycles. The summed E-state index contributed by atoms with van der Waals surface area (Å²) in [5.41, 5.74) is 2.64. The van der Waals surface area contributed by atoms with Crippen LogP contribution in [0.4, 0.5) is 0 Å². The summed E-state index contributed by atoms with van der Waals surface area (Å²) < 4.78 is 6.95. The van der Waals surface area contributed by atoms with Crippen LogP contribution < -0.4 is 10.1 Å². The standard InChI is InChI=1S/C22H19N3O3S/c1-14-20(21(27)23-12-15-7-4-3-5-8-15)29-22-24-13-18(25(14)22)19(26)16-9-6-10-17(11-16)28-2/h3-11,13H,12H2,1-2H3,(H,23,27). The molecule has 0 radical (unpaired) electrons. The molecule has 1 N–H and O–H groups in total. The zero-order valence-electron chi connectivity index (χ0n) is 16.0. The molecule has 0 unspecified atom stereocenters. The Morgan fingerprint density at radius 2 is 1.93 bits per heavy atom. The van der Waals surface area contributed by atoms with Gasteiger partial charge in [0.25, 0.3) is 5.91 Å². The number of methoxy groups -OCH3 is 1. The molecule has 0 aliphatic rings. The number of hydrogen-bond acceptors (Lipinski definition) is 5. The number of imidazole rings is 1. The van der Waals surface area contributed by atoms with E-state index in [-0.39, 0.29) is 11.7 Å². The highest BCUT2D eigenvalue weighted by atomic mass is 32.1. The van der Waals surface area contributed by atoms with Gasteiger partial charge in [-0.05, 0) is 24.6 Å². The topological polar surface area (TPSA) is 72.7 Å². The maximum atomic E-state index is 13.0. The van der Waals surface area contributed by atoms with Crippen LogP contribution in [0.1, 0.15) is 37.0 Å². The van der Waals surface area contributed by atoms with E-state index in [0.717, 1.165) is 5.56 Å². The van der Waals surface area contributed by atoms with Crippen LogP contribution in [0.3, 0.4) is 0 Å². The molecule has 29 heavy (non-hydrogen) atoms. The van der Waals surface area contributed by atoms with Crippen LogP contribution in [0, 0.1) is 6.92 Å². The van der Waals surface area contributed by atoms with Gasteiger partial charge in [-0.3, -0.25) is 14.0 Å². The van der Waals surface area contributed by atoms with Gasteiger partial charge < -0.3 is 10.1 Å². The average molecular weight is 405 g/mol. The molecule has 2 aromatic carbocycles. The van der Waals surface area contributed by atoms with Gasteiger partial charge in [0.1, 0.15) is 16.3 Å². The molecule has 0 bridgehead atoms. The second-order valence-electron chi connectivity index (χ2n) is 6.51. The van der Waals surface area contributed by atoms with E-state index in [4.69, 9.17) is 4.74 Å². The lowest BCUT2D eigenvalue weighted by molar-refractivity contribution is 0.0952. The van der Waals surface area contributed by atoms with E-state index < -0.39 is 0 Å². The maximum Gasteiger partial charge on any atom is 0.263 e. The number of carbonyl (C=O) groups excluding carboxylic acids is 2. The van der Waals surface area contributed by atoms with E-state index in [1.165, 1.54) is 11.3 Å². The fourth-order valence-corrected chi connectivity index (χ4v) is 4.16. The van der Waals surface area contributed by atoms with Crippen LogP contribution in [0.15, 0.2) is 60.8 Å². The molecule has 0 fully saturated rings. The summed E-state index contributed by atoms with van der Waals surface area (Å²) in [6, 6.07) is 16.7. The summed E-state index contributed by atoms with van der Waals surface area (Å²) in [6.45, 7) is 2.26. The number of nitrogens with one attached hydrogen (secondary N) is 1. The van der Waals surface area contributed by atoms with Crippen molar-refractivity contribution in [3.8, 4) is 5.75 Å². The highest BCUT2D eigenvalue weighted by Crippen LogP contribution is 2.26. The summed E-state index contributed by atoms with van der Waals surface area (Å²) >= 11 is 1.27. The predicted octanol–water partition coefficient (Wildman–Crippen LogP) is 3.87. The Morgan fingerprint density at radius 1 is 1.14 bits per heavy atom. The lowest BCUT2D eigenvalue weighted by Gasteiger charge is -2.06. The molecular weight excluding hydrogens is 386 g/mol. The van der Waals surface area contributed by atoms with Gasteiger partial charge in [0, 0.05) is 17.8 Å². The van der Waals surface area contributed by atoms with Crippen LogP contribution in [0.2, 0.25) is 0 Å². The molecule has 0 saturated heterocycles. The zero-order chi connectivity index (χ0) is 20.4. The minimum atomic E-state index is -0.179. The Hall–Kier alpha value is -3.45. The molecule has 146 valence electrons. The zero-order valence-corrected chi connectivity index (χ0v) is 16.8. The van der Waals surface area contributed by atoms with E-state index in [2.05, 4.69) is 10.3 Å².